The van der Waals surface area contributed by atoms with Gasteiger partial charge >= 0.3 is 0 Å². The number of H-pyrrole nitrogens is 1. The Labute approximate surface area is 168 Å². The minimum atomic E-state index is -0.276. The molecule has 0 aliphatic heterocycles. The third-order valence-electron chi connectivity index (χ3n) is 4.77. The van der Waals surface area contributed by atoms with Gasteiger partial charge in [0.1, 0.15) is 11.2 Å². The SMILES string of the molecule is CN(C)c1cc(CNc2nc3c(cnn3C(C)(C)C)c(=O)[nH]2)c2ccccc2n1. The molecule has 4 aromatic rings. The van der Waals surface area contributed by atoms with Crippen LogP contribution < -0.4 is 15.8 Å². The van der Waals surface area contributed by atoms with Crippen LogP contribution in [0.25, 0.3) is 21.9 Å². The van der Waals surface area contributed by atoms with Gasteiger partial charge in [0, 0.05) is 26.0 Å². The van der Waals surface area contributed by atoms with Crippen LogP contribution in [-0.4, -0.2) is 38.8 Å². The Morgan fingerprint density at radius 2 is 1.90 bits per heavy atom. The van der Waals surface area contributed by atoms with Crippen LogP contribution in [0.3, 0.4) is 0 Å². The fourth-order valence-corrected chi connectivity index (χ4v) is 3.28. The number of pyridine rings is 1. The summed E-state index contributed by atoms with van der Waals surface area (Å²) in [4.78, 5) is 26.6. The van der Waals surface area contributed by atoms with E-state index in [2.05, 4.69) is 20.4 Å². The summed E-state index contributed by atoms with van der Waals surface area (Å²) in [5.74, 6) is 1.30. The van der Waals surface area contributed by atoms with Gasteiger partial charge < -0.3 is 10.2 Å². The normalized spacial score (nSPS) is 11.9. The first-order valence-electron chi connectivity index (χ1n) is 9.52. The van der Waals surface area contributed by atoms with Gasteiger partial charge in [0.15, 0.2) is 5.65 Å². The zero-order chi connectivity index (χ0) is 20.8. The van der Waals surface area contributed by atoms with Gasteiger partial charge in [0.05, 0.1) is 17.3 Å². The number of nitrogens with one attached hydrogen (secondary N) is 2. The van der Waals surface area contributed by atoms with Crippen molar-refractivity contribution in [3.8, 4) is 0 Å². The maximum absolute atomic E-state index is 12.5. The molecule has 0 spiro atoms. The van der Waals surface area contributed by atoms with Crippen molar-refractivity contribution in [2.24, 2.45) is 0 Å². The van der Waals surface area contributed by atoms with Crippen LogP contribution in [0.15, 0.2) is 41.3 Å². The van der Waals surface area contributed by atoms with Crippen molar-refractivity contribution >= 4 is 33.7 Å². The number of para-hydroxylation sites is 1. The molecule has 0 amide bonds. The van der Waals surface area contributed by atoms with E-state index in [1.54, 1.807) is 10.9 Å². The Bertz CT molecular complexity index is 1250. The van der Waals surface area contributed by atoms with Crippen LogP contribution in [0, 0.1) is 0 Å². The molecular formula is C21H25N7O. The van der Waals surface area contributed by atoms with E-state index < -0.39 is 0 Å². The molecule has 0 aliphatic rings. The predicted octanol–water partition coefficient (Wildman–Crippen LogP) is 3.10. The lowest BCUT2D eigenvalue weighted by Crippen LogP contribution is -2.24. The third-order valence-corrected chi connectivity index (χ3v) is 4.77. The van der Waals surface area contributed by atoms with E-state index in [4.69, 9.17) is 4.98 Å². The lowest BCUT2D eigenvalue weighted by atomic mass is 10.1. The molecule has 0 bridgehead atoms. The quantitative estimate of drug-likeness (QED) is 0.555. The lowest BCUT2D eigenvalue weighted by molar-refractivity contribution is 0.366. The minimum Gasteiger partial charge on any atom is -0.363 e. The standard InChI is InChI=1S/C21H25N7O/c1-21(2,3)28-18-15(12-23-28)19(29)26-20(25-18)22-11-13-10-17(27(4)5)24-16-9-7-6-8-14(13)16/h6-10,12H,11H2,1-5H3,(H2,22,25,26,29). The maximum Gasteiger partial charge on any atom is 0.263 e. The molecule has 1 aromatic carbocycles. The number of anilines is 2. The van der Waals surface area contributed by atoms with E-state index in [0.717, 1.165) is 22.3 Å². The first-order chi connectivity index (χ1) is 13.7. The molecule has 150 valence electrons. The molecule has 0 radical (unpaired) electrons. The molecule has 4 rings (SSSR count). The van der Waals surface area contributed by atoms with Crippen molar-refractivity contribution in [1.82, 2.24) is 24.7 Å². The number of aromatic amines is 1. The van der Waals surface area contributed by atoms with Gasteiger partial charge in [-0.05, 0) is 38.5 Å². The first kappa shape index (κ1) is 18.9. The highest BCUT2D eigenvalue weighted by atomic mass is 16.1. The highest BCUT2D eigenvalue weighted by Gasteiger charge is 2.20. The molecule has 2 N–H and O–H groups in total. The summed E-state index contributed by atoms with van der Waals surface area (Å²) in [7, 11) is 3.93. The molecule has 0 saturated heterocycles. The van der Waals surface area contributed by atoms with E-state index >= 15 is 0 Å². The Hall–Kier alpha value is -3.42. The second-order valence-electron chi connectivity index (χ2n) is 8.28. The van der Waals surface area contributed by atoms with Crippen molar-refractivity contribution in [2.75, 3.05) is 24.3 Å². The minimum absolute atomic E-state index is 0.207. The summed E-state index contributed by atoms with van der Waals surface area (Å²) < 4.78 is 1.77. The molecule has 0 unspecified atom stereocenters. The number of rotatable bonds is 4. The van der Waals surface area contributed by atoms with Crippen LogP contribution >= 0.6 is 0 Å². The third kappa shape index (κ3) is 3.53. The first-order valence-corrected chi connectivity index (χ1v) is 9.52. The van der Waals surface area contributed by atoms with Crippen LogP contribution in [0.2, 0.25) is 0 Å². The number of benzene rings is 1. The van der Waals surface area contributed by atoms with Crippen LogP contribution in [0.1, 0.15) is 26.3 Å². The fourth-order valence-electron chi connectivity index (χ4n) is 3.28. The summed E-state index contributed by atoms with van der Waals surface area (Å²) in [6.07, 6.45) is 1.57. The molecule has 0 atom stereocenters. The van der Waals surface area contributed by atoms with E-state index in [1.165, 1.54) is 0 Å². The number of hydrogen-bond acceptors (Lipinski definition) is 6. The van der Waals surface area contributed by atoms with Crippen LogP contribution in [-0.2, 0) is 12.1 Å². The lowest BCUT2D eigenvalue weighted by Gasteiger charge is -2.20. The van der Waals surface area contributed by atoms with E-state index in [9.17, 15) is 4.79 Å². The monoisotopic (exact) mass is 391 g/mol. The average molecular weight is 391 g/mol. The number of aromatic nitrogens is 5. The Morgan fingerprint density at radius 1 is 1.14 bits per heavy atom. The Kier molecular flexibility index (Phi) is 4.49. The van der Waals surface area contributed by atoms with Crippen LogP contribution in [0.4, 0.5) is 11.8 Å². The van der Waals surface area contributed by atoms with Gasteiger partial charge in [-0.3, -0.25) is 9.78 Å². The second kappa shape index (κ2) is 6.88. The fraction of sp³-hybridized carbons (Fsp3) is 0.333. The number of hydrogen-bond donors (Lipinski definition) is 2. The largest absolute Gasteiger partial charge is 0.363 e. The molecule has 3 heterocycles. The van der Waals surface area contributed by atoms with Crippen molar-refractivity contribution in [3.05, 3.63) is 52.4 Å². The van der Waals surface area contributed by atoms with Gasteiger partial charge in [-0.15, -0.1) is 0 Å². The van der Waals surface area contributed by atoms with Gasteiger partial charge in [-0.2, -0.15) is 10.1 Å². The highest BCUT2D eigenvalue weighted by Crippen LogP contribution is 2.23. The smallest absolute Gasteiger partial charge is 0.263 e. The zero-order valence-electron chi connectivity index (χ0n) is 17.3. The second-order valence-corrected chi connectivity index (χ2v) is 8.28. The molecule has 29 heavy (non-hydrogen) atoms. The summed E-state index contributed by atoms with van der Waals surface area (Å²) in [5.41, 5.74) is 2.09. The molecule has 8 nitrogen and oxygen atoms in total. The summed E-state index contributed by atoms with van der Waals surface area (Å²) in [6.45, 7) is 6.59. The van der Waals surface area contributed by atoms with Gasteiger partial charge in [-0.25, -0.2) is 9.67 Å². The molecule has 0 aliphatic carbocycles. The maximum atomic E-state index is 12.5. The van der Waals surface area contributed by atoms with Crippen LogP contribution in [0.5, 0.6) is 0 Å². The van der Waals surface area contributed by atoms with E-state index in [1.807, 2.05) is 70.1 Å². The Balaban J connectivity index is 1.73. The number of nitrogens with zero attached hydrogens (tertiary/aromatic N) is 5. The average Bonchev–Trinajstić information content (AvgIpc) is 3.11. The molecule has 0 fully saturated rings. The summed E-state index contributed by atoms with van der Waals surface area (Å²) >= 11 is 0. The van der Waals surface area contributed by atoms with Crippen molar-refractivity contribution in [3.63, 3.8) is 0 Å². The molecule has 8 heteroatoms. The van der Waals surface area contributed by atoms with Crippen molar-refractivity contribution in [1.29, 1.82) is 0 Å². The van der Waals surface area contributed by atoms with E-state index in [0.29, 0.717) is 23.5 Å². The Morgan fingerprint density at radius 3 is 2.62 bits per heavy atom. The van der Waals surface area contributed by atoms with Crippen molar-refractivity contribution in [2.45, 2.75) is 32.9 Å². The molecule has 0 saturated carbocycles. The molecule has 3 aromatic heterocycles. The van der Waals surface area contributed by atoms with Crippen molar-refractivity contribution < 1.29 is 0 Å². The topological polar surface area (TPSA) is 91.7 Å². The number of fused-ring (bicyclic) bond motifs is 2. The van der Waals surface area contributed by atoms with E-state index in [-0.39, 0.29) is 11.1 Å². The summed E-state index contributed by atoms with van der Waals surface area (Å²) in [5, 5.41) is 9.16. The van der Waals surface area contributed by atoms with Gasteiger partial charge in [0.25, 0.3) is 5.56 Å². The predicted molar refractivity (Wildman–Crippen MR) is 117 cm³/mol. The van der Waals surface area contributed by atoms with Gasteiger partial charge in [-0.1, -0.05) is 18.2 Å². The molecular weight excluding hydrogens is 366 g/mol. The highest BCUT2D eigenvalue weighted by molar-refractivity contribution is 5.84. The summed E-state index contributed by atoms with van der Waals surface area (Å²) in [6, 6.07) is 10.1. The zero-order valence-corrected chi connectivity index (χ0v) is 17.3. The van der Waals surface area contributed by atoms with Gasteiger partial charge in [0.2, 0.25) is 5.95 Å².